The summed E-state index contributed by atoms with van der Waals surface area (Å²) in [6.45, 7) is 5.10. The Bertz CT molecular complexity index is 1210. The maximum Gasteiger partial charge on any atom is 0.471 e. The van der Waals surface area contributed by atoms with Crippen LogP contribution in [0.1, 0.15) is 39.5 Å². The number of aromatic nitrogens is 1. The number of oxazole rings is 1. The summed E-state index contributed by atoms with van der Waals surface area (Å²) in [6, 6.07) is 3.00. The zero-order chi connectivity index (χ0) is 25.1. The number of benzene rings is 1. The van der Waals surface area contributed by atoms with Crippen molar-refractivity contribution in [3.8, 4) is 0 Å². The van der Waals surface area contributed by atoms with Crippen molar-refractivity contribution in [3.05, 3.63) is 23.0 Å². The molecule has 0 bridgehead atoms. The third-order valence-corrected chi connectivity index (χ3v) is 8.64. The second kappa shape index (κ2) is 8.35. The summed E-state index contributed by atoms with van der Waals surface area (Å²) in [7, 11) is -4.17. The van der Waals surface area contributed by atoms with Crippen molar-refractivity contribution >= 4 is 38.6 Å². The Balaban J connectivity index is 1.65. The van der Waals surface area contributed by atoms with Gasteiger partial charge in [-0.1, -0.05) is 32.4 Å². The molecule has 2 aliphatic rings. The molecule has 13 heteroatoms. The standard InChI is InChI=1S/C21H25ClF3N3O5S/c1-19(2,3)17-26-14-5-4-13(22)16(15(14)33-17)34(30,31)27-8-6-20(7-9-27)12-32-11-10-28(20)18(29)21(23,24)25/h4-5H,6-12H2,1-3H3. The van der Waals surface area contributed by atoms with Crippen LogP contribution >= 0.6 is 11.6 Å². The number of carbonyl (C=O) groups excluding carboxylic acids is 1. The van der Waals surface area contributed by atoms with E-state index in [1.165, 1.54) is 6.07 Å². The largest absolute Gasteiger partial charge is 0.471 e. The lowest BCUT2D eigenvalue weighted by Crippen LogP contribution is -2.65. The van der Waals surface area contributed by atoms with Crippen LogP contribution in [-0.4, -0.2) is 73.1 Å². The van der Waals surface area contributed by atoms with E-state index >= 15 is 0 Å². The molecule has 0 atom stereocenters. The molecular formula is C21H25ClF3N3O5S. The quantitative estimate of drug-likeness (QED) is 0.595. The van der Waals surface area contributed by atoms with Crippen molar-refractivity contribution in [2.45, 2.75) is 55.6 Å². The van der Waals surface area contributed by atoms with E-state index in [0.29, 0.717) is 11.4 Å². The van der Waals surface area contributed by atoms with E-state index in [4.69, 9.17) is 20.8 Å². The third-order valence-electron chi connectivity index (χ3n) is 6.25. The van der Waals surface area contributed by atoms with Crippen molar-refractivity contribution in [2.75, 3.05) is 32.8 Å². The predicted octanol–water partition coefficient (Wildman–Crippen LogP) is 3.72. The molecule has 1 spiro atoms. The van der Waals surface area contributed by atoms with Gasteiger partial charge in [-0.15, -0.1) is 0 Å². The number of carbonyl (C=O) groups is 1. The first-order chi connectivity index (χ1) is 15.7. The molecule has 1 aromatic heterocycles. The average Bonchev–Trinajstić information content (AvgIpc) is 3.17. The van der Waals surface area contributed by atoms with Gasteiger partial charge in [-0.25, -0.2) is 13.4 Å². The molecule has 188 valence electrons. The predicted molar refractivity (Wildman–Crippen MR) is 117 cm³/mol. The molecule has 3 heterocycles. The number of ether oxygens (including phenoxy) is 1. The van der Waals surface area contributed by atoms with E-state index in [0.717, 1.165) is 9.21 Å². The topological polar surface area (TPSA) is 93.0 Å². The summed E-state index contributed by atoms with van der Waals surface area (Å²) >= 11 is 6.30. The van der Waals surface area contributed by atoms with Crippen LogP contribution in [0.25, 0.3) is 11.1 Å². The van der Waals surface area contributed by atoms with Gasteiger partial charge in [0, 0.05) is 25.0 Å². The monoisotopic (exact) mass is 523 g/mol. The number of hydrogen-bond donors (Lipinski definition) is 0. The summed E-state index contributed by atoms with van der Waals surface area (Å²) in [6.07, 6.45) is -5.04. The van der Waals surface area contributed by atoms with Crippen LogP contribution in [0.2, 0.25) is 5.02 Å². The Kier molecular flexibility index (Phi) is 6.19. The normalized spacial score (nSPS) is 20.3. The highest BCUT2D eigenvalue weighted by molar-refractivity contribution is 7.89. The lowest BCUT2D eigenvalue weighted by Gasteiger charge is -2.50. The van der Waals surface area contributed by atoms with Gasteiger partial charge >= 0.3 is 12.1 Å². The Labute approximate surface area is 200 Å². The second-order valence-corrected chi connectivity index (χ2v) is 11.9. The number of piperidine rings is 1. The Hall–Kier alpha value is -1.89. The summed E-state index contributed by atoms with van der Waals surface area (Å²) in [4.78, 5) is 17.0. The van der Waals surface area contributed by atoms with Crippen molar-refractivity contribution in [2.24, 2.45) is 0 Å². The van der Waals surface area contributed by atoms with Gasteiger partial charge in [0.1, 0.15) is 10.4 Å². The van der Waals surface area contributed by atoms with Gasteiger partial charge in [-0.05, 0) is 25.0 Å². The molecule has 8 nitrogen and oxygen atoms in total. The minimum atomic E-state index is -5.02. The van der Waals surface area contributed by atoms with E-state index in [-0.39, 0.29) is 61.2 Å². The Morgan fingerprint density at radius 1 is 1.15 bits per heavy atom. The number of alkyl halides is 3. The average molecular weight is 524 g/mol. The SMILES string of the molecule is CC(C)(C)c1nc2ccc(Cl)c(S(=O)(=O)N3CCC4(CC3)COCCN4C(=O)C(F)(F)F)c2o1. The number of sulfonamides is 1. The molecule has 4 rings (SSSR count). The molecule has 2 aliphatic heterocycles. The molecule has 0 N–H and O–H groups in total. The number of morpholine rings is 1. The van der Waals surface area contributed by atoms with E-state index in [1.54, 1.807) is 6.07 Å². The molecule has 2 saturated heterocycles. The van der Waals surface area contributed by atoms with Crippen LogP contribution in [0.4, 0.5) is 13.2 Å². The number of amides is 1. The lowest BCUT2D eigenvalue weighted by molar-refractivity contribution is -0.202. The molecular weight excluding hydrogens is 499 g/mol. The first-order valence-corrected chi connectivity index (χ1v) is 12.5. The first kappa shape index (κ1) is 25.2. The number of hydrogen-bond acceptors (Lipinski definition) is 6. The minimum Gasteiger partial charge on any atom is -0.439 e. The van der Waals surface area contributed by atoms with Gasteiger partial charge in [0.2, 0.25) is 15.9 Å². The van der Waals surface area contributed by atoms with E-state index in [9.17, 15) is 26.4 Å². The number of nitrogens with zero attached hydrogens (tertiary/aromatic N) is 3. The van der Waals surface area contributed by atoms with Gasteiger partial charge in [-0.3, -0.25) is 4.79 Å². The van der Waals surface area contributed by atoms with Crippen LogP contribution in [0.3, 0.4) is 0 Å². The smallest absolute Gasteiger partial charge is 0.439 e. The van der Waals surface area contributed by atoms with Crippen molar-refractivity contribution in [3.63, 3.8) is 0 Å². The van der Waals surface area contributed by atoms with Gasteiger partial charge in [0.25, 0.3) is 0 Å². The summed E-state index contributed by atoms with van der Waals surface area (Å²) in [5, 5.41) is -0.0423. The molecule has 0 aliphatic carbocycles. The number of rotatable bonds is 2. The molecule has 1 aromatic carbocycles. The van der Waals surface area contributed by atoms with Crippen molar-refractivity contribution in [1.29, 1.82) is 0 Å². The minimum absolute atomic E-state index is 0.00864. The maximum absolute atomic E-state index is 13.6. The van der Waals surface area contributed by atoms with Crippen molar-refractivity contribution in [1.82, 2.24) is 14.2 Å². The van der Waals surface area contributed by atoms with Crippen LogP contribution in [0, 0.1) is 0 Å². The fraction of sp³-hybridized carbons (Fsp3) is 0.619. The fourth-order valence-electron chi connectivity index (χ4n) is 4.39. The van der Waals surface area contributed by atoms with Crippen LogP contribution in [0.5, 0.6) is 0 Å². The molecule has 0 saturated carbocycles. The highest BCUT2D eigenvalue weighted by atomic mass is 35.5. The summed E-state index contributed by atoms with van der Waals surface area (Å²) in [5.74, 6) is -1.59. The molecule has 2 aromatic rings. The van der Waals surface area contributed by atoms with Crippen LogP contribution in [-0.2, 0) is 25.0 Å². The Morgan fingerprint density at radius 2 is 1.79 bits per heavy atom. The molecule has 0 radical (unpaired) electrons. The lowest BCUT2D eigenvalue weighted by atomic mass is 9.86. The Morgan fingerprint density at radius 3 is 2.38 bits per heavy atom. The van der Waals surface area contributed by atoms with Gasteiger partial charge in [-0.2, -0.15) is 17.5 Å². The van der Waals surface area contributed by atoms with Gasteiger partial charge in [0.15, 0.2) is 5.58 Å². The number of fused-ring (bicyclic) bond motifs is 1. The van der Waals surface area contributed by atoms with Crippen molar-refractivity contribution < 1.29 is 35.5 Å². The van der Waals surface area contributed by atoms with E-state index < -0.39 is 33.1 Å². The third kappa shape index (κ3) is 4.29. The molecule has 2 fully saturated rings. The molecule has 0 unspecified atom stereocenters. The highest BCUT2D eigenvalue weighted by Crippen LogP contribution is 2.39. The zero-order valence-corrected chi connectivity index (χ0v) is 20.5. The second-order valence-electron chi connectivity index (χ2n) is 9.63. The van der Waals surface area contributed by atoms with E-state index in [2.05, 4.69) is 4.98 Å². The summed E-state index contributed by atoms with van der Waals surface area (Å²) in [5.41, 5.74) is -1.32. The molecule has 34 heavy (non-hydrogen) atoms. The number of halogens is 4. The zero-order valence-electron chi connectivity index (χ0n) is 18.9. The van der Waals surface area contributed by atoms with Gasteiger partial charge in [0.05, 0.1) is 23.8 Å². The first-order valence-electron chi connectivity index (χ1n) is 10.7. The fourth-order valence-corrected chi connectivity index (χ4v) is 6.45. The maximum atomic E-state index is 13.6. The van der Waals surface area contributed by atoms with Crippen LogP contribution < -0.4 is 0 Å². The van der Waals surface area contributed by atoms with Crippen LogP contribution in [0.15, 0.2) is 21.4 Å². The highest BCUT2D eigenvalue weighted by Gasteiger charge is 2.53. The molecule has 1 amide bonds. The van der Waals surface area contributed by atoms with E-state index in [1.807, 2.05) is 20.8 Å². The van der Waals surface area contributed by atoms with Gasteiger partial charge < -0.3 is 14.1 Å². The summed E-state index contributed by atoms with van der Waals surface area (Å²) < 4.78 is 79.1.